The Balaban J connectivity index is 1.86. The van der Waals surface area contributed by atoms with E-state index in [0.717, 1.165) is 23.2 Å². The van der Waals surface area contributed by atoms with E-state index in [-0.39, 0.29) is 11.5 Å². The molecule has 3 nitrogen and oxygen atoms in total. The lowest BCUT2D eigenvalue weighted by molar-refractivity contribution is -0.0303. The maximum Gasteiger partial charge on any atom is 0.164 e. The third-order valence-electron chi connectivity index (χ3n) is 7.90. The van der Waals surface area contributed by atoms with Crippen LogP contribution < -0.4 is 14.2 Å². The molecule has 2 aliphatic carbocycles. The zero-order valence-electron chi connectivity index (χ0n) is 17.2. The maximum absolute atomic E-state index is 6.59. The molecule has 144 valence electrons. The van der Waals surface area contributed by atoms with Crippen molar-refractivity contribution >= 4 is 0 Å². The van der Waals surface area contributed by atoms with Crippen molar-refractivity contribution in [3.63, 3.8) is 0 Å². The molecule has 2 saturated carbocycles. The summed E-state index contributed by atoms with van der Waals surface area (Å²) in [4.78, 5) is 0. The van der Waals surface area contributed by atoms with Gasteiger partial charge in [0.2, 0.25) is 0 Å². The number of fused-ring (bicyclic) bond motifs is 5. The fraction of sp³-hybridized carbons (Fsp3) is 0.739. The fourth-order valence-corrected chi connectivity index (χ4v) is 6.64. The van der Waals surface area contributed by atoms with Gasteiger partial charge >= 0.3 is 0 Å². The van der Waals surface area contributed by atoms with Gasteiger partial charge in [0.05, 0.1) is 14.2 Å². The first-order chi connectivity index (χ1) is 12.3. The Kier molecular flexibility index (Phi) is 4.20. The van der Waals surface area contributed by atoms with Crippen LogP contribution in [0.1, 0.15) is 71.3 Å². The molecule has 4 rings (SSSR count). The lowest BCUT2D eigenvalue weighted by Gasteiger charge is -2.53. The lowest BCUT2D eigenvalue weighted by atomic mass is 9.51. The standard InChI is InChI=1S/C23H34O3/c1-14-8-9-19-22(2,3)10-7-11-23(19,4)20-15-12-17(24-5)18(25-6)13-16(15)26-21(14)20/h12-14,19-21H,7-11H2,1-6H3. The summed E-state index contributed by atoms with van der Waals surface area (Å²) in [6.45, 7) is 9.91. The summed E-state index contributed by atoms with van der Waals surface area (Å²) in [5, 5.41) is 0. The van der Waals surface area contributed by atoms with Crippen molar-refractivity contribution in [1.82, 2.24) is 0 Å². The van der Waals surface area contributed by atoms with Gasteiger partial charge in [0.15, 0.2) is 11.5 Å². The van der Waals surface area contributed by atoms with Gasteiger partial charge in [-0.15, -0.1) is 0 Å². The smallest absolute Gasteiger partial charge is 0.164 e. The van der Waals surface area contributed by atoms with Crippen LogP contribution >= 0.6 is 0 Å². The van der Waals surface area contributed by atoms with Crippen LogP contribution in [0.2, 0.25) is 0 Å². The van der Waals surface area contributed by atoms with Crippen molar-refractivity contribution in [3.05, 3.63) is 17.7 Å². The van der Waals surface area contributed by atoms with Gasteiger partial charge in [0.25, 0.3) is 0 Å². The number of benzene rings is 1. The molecular weight excluding hydrogens is 324 g/mol. The summed E-state index contributed by atoms with van der Waals surface area (Å²) in [5.41, 5.74) is 2.02. The molecular formula is C23H34O3. The van der Waals surface area contributed by atoms with Crippen LogP contribution in [0.4, 0.5) is 0 Å². The van der Waals surface area contributed by atoms with E-state index >= 15 is 0 Å². The molecule has 1 heterocycles. The van der Waals surface area contributed by atoms with Gasteiger partial charge in [-0.2, -0.15) is 0 Å². The number of methoxy groups -OCH3 is 2. The molecule has 1 aromatic carbocycles. The van der Waals surface area contributed by atoms with Crippen molar-refractivity contribution in [1.29, 1.82) is 0 Å². The molecule has 0 amide bonds. The van der Waals surface area contributed by atoms with E-state index in [4.69, 9.17) is 14.2 Å². The number of ether oxygens (including phenoxy) is 3. The van der Waals surface area contributed by atoms with Gasteiger partial charge in [-0.1, -0.05) is 34.1 Å². The number of rotatable bonds is 2. The fourth-order valence-electron chi connectivity index (χ4n) is 6.64. The van der Waals surface area contributed by atoms with Gasteiger partial charge in [0, 0.05) is 17.5 Å². The second kappa shape index (κ2) is 6.07. The summed E-state index contributed by atoms with van der Waals surface area (Å²) in [6, 6.07) is 4.24. The Morgan fingerprint density at radius 2 is 1.69 bits per heavy atom. The normalized spacial score (nSPS) is 37.6. The van der Waals surface area contributed by atoms with Gasteiger partial charge in [-0.25, -0.2) is 0 Å². The zero-order chi connectivity index (χ0) is 18.7. The highest BCUT2D eigenvalue weighted by atomic mass is 16.5. The minimum absolute atomic E-state index is 0.269. The van der Waals surface area contributed by atoms with Gasteiger partial charge < -0.3 is 14.2 Å². The molecule has 0 saturated heterocycles. The van der Waals surface area contributed by atoms with Crippen LogP contribution in [-0.4, -0.2) is 20.3 Å². The summed E-state index contributed by atoms with van der Waals surface area (Å²) < 4.78 is 17.7. The minimum atomic E-state index is 0.269. The molecule has 0 N–H and O–H groups in total. The summed E-state index contributed by atoms with van der Waals surface area (Å²) in [5.74, 6) is 4.35. The van der Waals surface area contributed by atoms with Crippen LogP contribution in [0.15, 0.2) is 12.1 Å². The highest BCUT2D eigenvalue weighted by molar-refractivity contribution is 5.55. The lowest BCUT2D eigenvalue weighted by Crippen LogP contribution is -2.46. The van der Waals surface area contributed by atoms with Crippen LogP contribution in [0.5, 0.6) is 17.2 Å². The molecule has 3 aliphatic rings. The van der Waals surface area contributed by atoms with Crippen molar-refractivity contribution in [3.8, 4) is 17.2 Å². The predicted octanol–water partition coefficient (Wildman–Crippen LogP) is 5.81. The van der Waals surface area contributed by atoms with Gasteiger partial charge in [-0.3, -0.25) is 0 Å². The molecule has 1 aromatic rings. The topological polar surface area (TPSA) is 27.7 Å². The van der Waals surface area contributed by atoms with Gasteiger partial charge in [-0.05, 0) is 54.4 Å². The van der Waals surface area contributed by atoms with E-state index in [0.29, 0.717) is 17.3 Å². The zero-order valence-corrected chi connectivity index (χ0v) is 17.2. The van der Waals surface area contributed by atoms with E-state index in [2.05, 4.69) is 33.8 Å². The molecule has 0 spiro atoms. The monoisotopic (exact) mass is 358 g/mol. The molecule has 0 bridgehead atoms. The van der Waals surface area contributed by atoms with E-state index in [1.807, 2.05) is 6.07 Å². The molecule has 2 fully saturated rings. The quantitative estimate of drug-likeness (QED) is 0.667. The van der Waals surface area contributed by atoms with Crippen molar-refractivity contribution < 1.29 is 14.2 Å². The van der Waals surface area contributed by atoms with E-state index in [1.165, 1.54) is 37.7 Å². The average Bonchev–Trinajstić information content (AvgIpc) is 2.93. The van der Waals surface area contributed by atoms with E-state index in [9.17, 15) is 0 Å². The SMILES string of the molecule is COc1cc2c(cc1OC)C1C(O2)C(C)CCC2C(C)(C)CCCC12C. The molecule has 26 heavy (non-hydrogen) atoms. The Labute approximate surface area is 158 Å². The summed E-state index contributed by atoms with van der Waals surface area (Å²) in [6.07, 6.45) is 6.81. The molecule has 5 unspecified atom stereocenters. The first-order valence-corrected chi connectivity index (χ1v) is 10.2. The third-order valence-corrected chi connectivity index (χ3v) is 7.90. The predicted molar refractivity (Wildman–Crippen MR) is 104 cm³/mol. The largest absolute Gasteiger partial charge is 0.493 e. The van der Waals surface area contributed by atoms with Crippen molar-refractivity contribution in [2.75, 3.05) is 14.2 Å². The van der Waals surface area contributed by atoms with Crippen LogP contribution in [0.25, 0.3) is 0 Å². The first-order valence-electron chi connectivity index (χ1n) is 10.2. The van der Waals surface area contributed by atoms with Crippen molar-refractivity contribution in [2.45, 2.75) is 71.8 Å². The second-order valence-corrected chi connectivity index (χ2v) is 9.76. The van der Waals surface area contributed by atoms with Crippen LogP contribution in [0.3, 0.4) is 0 Å². The van der Waals surface area contributed by atoms with Crippen LogP contribution in [-0.2, 0) is 0 Å². The molecule has 1 aliphatic heterocycles. The number of hydrogen-bond donors (Lipinski definition) is 0. The Morgan fingerprint density at radius 3 is 2.38 bits per heavy atom. The highest BCUT2D eigenvalue weighted by Crippen LogP contribution is 2.65. The first kappa shape index (κ1) is 18.0. The van der Waals surface area contributed by atoms with Crippen molar-refractivity contribution in [2.24, 2.45) is 22.7 Å². The highest BCUT2D eigenvalue weighted by Gasteiger charge is 2.58. The molecule has 5 atom stereocenters. The molecule has 0 aromatic heterocycles. The van der Waals surface area contributed by atoms with E-state index < -0.39 is 0 Å². The van der Waals surface area contributed by atoms with Crippen LogP contribution in [0, 0.1) is 22.7 Å². The summed E-state index contributed by atoms with van der Waals surface area (Å²) >= 11 is 0. The second-order valence-electron chi connectivity index (χ2n) is 9.76. The van der Waals surface area contributed by atoms with Gasteiger partial charge in [0.1, 0.15) is 11.9 Å². The summed E-state index contributed by atoms with van der Waals surface area (Å²) in [7, 11) is 3.42. The maximum atomic E-state index is 6.59. The Hall–Kier alpha value is -1.38. The molecule has 0 radical (unpaired) electrons. The Morgan fingerprint density at radius 1 is 1.00 bits per heavy atom. The van der Waals surface area contributed by atoms with E-state index in [1.54, 1.807) is 14.2 Å². The Bertz CT molecular complexity index is 695. The minimum Gasteiger partial charge on any atom is -0.493 e. The average molecular weight is 359 g/mol. The molecule has 3 heteroatoms. The third kappa shape index (κ3) is 2.46. The number of hydrogen-bond acceptors (Lipinski definition) is 3.